The fourth-order valence-corrected chi connectivity index (χ4v) is 3.39. The zero-order chi connectivity index (χ0) is 15.9. The van der Waals surface area contributed by atoms with Crippen LogP contribution in [0.3, 0.4) is 0 Å². The number of fused-ring (bicyclic) bond motifs is 2. The molecule has 3 unspecified atom stereocenters. The number of hydrogen-bond donors (Lipinski definition) is 6. The van der Waals surface area contributed by atoms with E-state index in [4.69, 9.17) is 20.9 Å². The Kier molecular flexibility index (Phi) is 4.53. The monoisotopic (exact) mass is 316 g/mol. The van der Waals surface area contributed by atoms with E-state index in [0.717, 1.165) is 6.42 Å². The Morgan fingerprint density at radius 3 is 2.68 bits per heavy atom. The SMILES string of the molecule is NC[C@@H]1CC[C@@H](N)[C@@H](OC2C3C[C@@H](NC(=O)N3)[C@H](O)C2O)O1. The van der Waals surface area contributed by atoms with Crippen molar-refractivity contribution >= 4 is 6.03 Å². The molecule has 2 amide bonds. The second-order valence-corrected chi connectivity index (χ2v) is 6.25. The molecule has 0 spiro atoms. The van der Waals surface area contributed by atoms with E-state index in [1.807, 2.05) is 0 Å². The highest BCUT2D eigenvalue weighted by Gasteiger charge is 2.49. The third-order valence-corrected chi connectivity index (χ3v) is 4.69. The van der Waals surface area contributed by atoms with Gasteiger partial charge in [-0.05, 0) is 19.3 Å². The lowest BCUT2D eigenvalue weighted by atomic mass is 9.82. The maximum absolute atomic E-state index is 11.6. The molecular weight excluding hydrogens is 292 g/mol. The Hall–Kier alpha value is -0.970. The summed E-state index contributed by atoms with van der Waals surface area (Å²) < 4.78 is 11.5. The van der Waals surface area contributed by atoms with Gasteiger partial charge in [-0.3, -0.25) is 0 Å². The minimum absolute atomic E-state index is 0.134. The average molecular weight is 316 g/mol. The molecular formula is C13H24N4O5. The first-order valence-electron chi connectivity index (χ1n) is 7.69. The van der Waals surface area contributed by atoms with Gasteiger partial charge >= 0.3 is 6.03 Å². The van der Waals surface area contributed by atoms with Gasteiger partial charge in [-0.15, -0.1) is 0 Å². The summed E-state index contributed by atoms with van der Waals surface area (Å²) in [6, 6.07) is -1.59. The Bertz CT molecular complexity index is 425. The van der Waals surface area contributed by atoms with Crippen LogP contribution in [0, 0.1) is 0 Å². The van der Waals surface area contributed by atoms with Crippen LogP contribution in [0.25, 0.3) is 0 Å². The zero-order valence-electron chi connectivity index (χ0n) is 12.2. The van der Waals surface area contributed by atoms with Gasteiger partial charge in [0.05, 0.1) is 24.2 Å². The van der Waals surface area contributed by atoms with Crippen LogP contribution in [0.1, 0.15) is 19.3 Å². The van der Waals surface area contributed by atoms with Crippen molar-refractivity contribution in [1.29, 1.82) is 0 Å². The van der Waals surface area contributed by atoms with Crippen molar-refractivity contribution in [1.82, 2.24) is 10.6 Å². The summed E-state index contributed by atoms with van der Waals surface area (Å²) in [6.07, 6.45) is -1.90. The molecule has 2 aliphatic heterocycles. The molecule has 3 rings (SSSR count). The van der Waals surface area contributed by atoms with Gasteiger partial charge in [0.15, 0.2) is 6.29 Å². The highest BCUT2D eigenvalue weighted by atomic mass is 16.7. The number of ether oxygens (including phenoxy) is 2. The minimum atomic E-state index is -1.13. The number of urea groups is 1. The Morgan fingerprint density at radius 1 is 1.23 bits per heavy atom. The lowest BCUT2D eigenvalue weighted by Gasteiger charge is -2.48. The van der Waals surface area contributed by atoms with Crippen LogP contribution >= 0.6 is 0 Å². The molecule has 0 aromatic heterocycles. The third-order valence-electron chi connectivity index (χ3n) is 4.69. The van der Waals surface area contributed by atoms with E-state index in [0.29, 0.717) is 19.4 Å². The van der Waals surface area contributed by atoms with Gasteiger partial charge in [0.2, 0.25) is 0 Å². The van der Waals surface area contributed by atoms with Crippen LogP contribution in [0.4, 0.5) is 4.79 Å². The molecule has 1 saturated carbocycles. The van der Waals surface area contributed by atoms with Gasteiger partial charge in [-0.25, -0.2) is 4.79 Å². The van der Waals surface area contributed by atoms with Crippen LogP contribution in [-0.4, -0.2) is 71.6 Å². The summed E-state index contributed by atoms with van der Waals surface area (Å²) in [5.74, 6) is 0. The van der Waals surface area contributed by atoms with Gasteiger partial charge in [0.1, 0.15) is 18.3 Å². The highest BCUT2D eigenvalue weighted by Crippen LogP contribution is 2.29. The van der Waals surface area contributed by atoms with E-state index in [1.54, 1.807) is 0 Å². The molecule has 2 heterocycles. The van der Waals surface area contributed by atoms with Crippen molar-refractivity contribution in [2.45, 2.75) is 68.1 Å². The number of nitrogens with two attached hydrogens (primary N) is 2. The highest BCUT2D eigenvalue weighted by molar-refractivity contribution is 5.76. The molecule has 8 N–H and O–H groups in total. The van der Waals surface area contributed by atoms with Gasteiger partial charge in [-0.1, -0.05) is 0 Å². The quantitative estimate of drug-likeness (QED) is 0.332. The van der Waals surface area contributed by atoms with Gasteiger partial charge in [0.25, 0.3) is 0 Å². The minimum Gasteiger partial charge on any atom is -0.388 e. The van der Waals surface area contributed by atoms with Crippen LogP contribution in [0.5, 0.6) is 0 Å². The first-order chi connectivity index (χ1) is 10.5. The molecule has 2 saturated heterocycles. The molecule has 0 aromatic rings. The van der Waals surface area contributed by atoms with Crippen molar-refractivity contribution < 1.29 is 24.5 Å². The lowest BCUT2D eigenvalue weighted by Crippen LogP contribution is -2.71. The summed E-state index contributed by atoms with van der Waals surface area (Å²) in [7, 11) is 0. The number of hydrogen-bond acceptors (Lipinski definition) is 7. The van der Waals surface area contributed by atoms with Crippen LogP contribution < -0.4 is 22.1 Å². The van der Waals surface area contributed by atoms with E-state index in [9.17, 15) is 15.0 Å². The Balaban J connectivity index is 1.70. The lowest BCUT2D eigenvalue weighted by molar-refractivity contribution is -0.255. The Labute approximate surface area is 128 Å². The zero-order valence-corrected chi connectivity index (χ0v) is 12.2. The summed E-state index contributed by atoms with van der Waals surface area (Å²) in [5, 5.41) is 25.7. The molecule has 3 fully saturated rings. The summed E-state index contributed by atoms with van der Waals surface area (Å²) in [5.41, 5.74) is 11.6. The predicted molar refractivity (Wildman–Crippen MR) is 75.7 cm³/mol. The second kappa shape index (κ2) is 6.26. The van der Waals surface area contributed by atoms with Crippen LogP contribution in [0.2, 0.25) is 0 Å². The number of nitrogens with one attached hydrogen (secondary N) is 2. The summed E-state index contributed by atoms with van der Waals surface area (Å²) >= 11 is 0. The van der Waals surface area contributed by atoms with Crippen molar-refractivity contribution in [3.63, 3.8) is 0 Å². The van der Waals surface area contributed by atoms with E-state index >= 15 is 0 Å². The first-order valence-corrected chi connectivity index (χ1v) is 7.69. The van der Waals surface area contributed by atoms with E-state index in [1.165, 1.54) is 0 Å². The largest absolute Gasteiger partial charge is 0.388 e. The maximum atomic E-state index is 11.6. The van der Waals surface area contributed by atoms with E-state index in [-0.39, 0.29) is 18.2 Å². The number of rotatable bonds is 3. The smallest absolute Gasteiger partial charge is 0.315 e. The third kappa shape index (κ3) is 2.92. The number of carbonyl (C=O) groups excluding carboxylic acids is 1. The molecule has 126 valence electrons. The number of carbonyl (C=O) groups is 1. The number of amides is 2. The van der Waals surface area contributed by atoms with Gasteiger partial charge < -0.3 is 41.8 Å². The van der Waals surface area contributed by atoms with Gasteiger partial charge in [0, 0.05) is 6.54 Å². The Morgan fingerprint density at radius 2 is 1.95 bits per heavy atom. The van der Waals surface area contributed by atoms with Crippen molar-refractivity contribution in [3.05, 3.63) is 0 Å². The molecule has 22 heavy (non-hydrogen) atoms. The molecule has 8 atom stereocenters. The molecule has 9 nitrogen and oxygen atoms in total. The standard InChI is InChI=1S/C13H24N4O5/c14-4-5-1-2-6(15)12(21-5)22-11-8-3-7(9(18)10(11)19)16-13(20)17-8/h5-12,18-19H,1-4,14-15H2,(H2,16,17,20)/t5-,6+,7+,8?,9-,10?,11?,12+/m0/s1. The van der Waals surface area contributed by atoms with Crippen molar-refractivity contribution in [2.24, 2.45) is 11.5 Å². The maximum Gasteiger partial charge on any atom is 0.315 e. The molecule has 2 bridgehead atoms. The molecule has 0 aromatic carbocycles. The van der Waals surface area contributed by atoms with Crippen molar-refractivity contribution in [2.75, 3.05) is 6.54 Å². The summed E-state index contributed by atoms with van der Waals surface area (Å²) in [4.78, 5) is 11.6. The predicted octanol–water partition coefficient (Wildman–Crippen LogP) is -2.66. The molecule has 3 aliphatic rings. The van der Waals surface area contributed by atoms with E-state index in [2.05, 4.69) is 10.6 Å². The fraction of sp³-hybridized carbons (Fsp3) is 0.923. The van der Waals surface area contributed by atoms with Crippen molar-refractivity contribution in [3.8, 4) is 0 Å². The number of aliphatic hydroxyl groups is 2. The van der Waals surface area contributed by atoms with Gasteiger partial charge in [-0.2, -0.15) is 0 Å². The fourth-order valence-electron chi connectivity index (χ4n) is 3.39. The molecule has 9 heteroatoms. The number of aliphatic hydroxyl groups excluding tert-OH is 2. The second-order valence-electron chi connectivity index (χ2n) is 6.25. The first kappa shape index (κ1) is 15.9. The molecule has 0 radical (unpaired) electrons. The molecule has 1 aliphatic carbocycles. The van der Waals surface area contributed by atoms with Crippen LogP contribution in [0.15, 0.2) is 0 Å². The summed E-state index contributed by atoms with van der Waals surface area (Å²) in [6.45, 7) is 0.370. The topological polar surface area (TPSA) is 152 Å². The van der Waals surface area contributed by atoms with E-state index < -0.39 is 36.7 Å². The normalized spacial score (nSPS) is 48.5. The van der Waals surface area contributed by atoms with Crippen LogP contribution in [-0.2, 0) is 9.47 Å². The average Bonchev–Trinajstić information content (AvgIpc) is 2.51.